The molecular formula is C20H31N5O3. The Balaban J connectivity index is 1.88. The highest BCUT2D eigenvalue weighted by molar-refractivity contribution is 5.90. The van der Waals surface area contributed by atoms with Gasteiger partial charge >= 0.3 is 0 Å². The fourth-order valence-electron chi connectivity index (χ4n) is 3.85. The molecule has 0 radical (unpaired) electrons. The third-order valence-electron chi connectivity index (χ3n) is 5.31. The first-order valence-electron chi connectivity index (χ1n) is 9.87. The van der Waals surface area contributed by atoms with Crippen molar-refractivity contribution >= 4 is 11.8 Å². The molecule has 1 saturated carbocycles. The van der Waals surface area contributed by atoms with E-state index in [1.165, 1.54) is 0 Å². The Morgan fingerprint density at radius 1 is 1.36 bits per heavy atom. The molecule has 2 heterocycles. The van der Waals surface area contributed by atoms with Crippen LogP contribution < -0.4 is 5.32 Å². The number of allylic oxidation sites excluding steroid dienone is 1. The molecule has 0 aromatic carbocycles. The zero-order chi connectivity index (χ0) is 20.6. The summed E-state index contributed by atoms with van der Waals surface area (Å²) < 4.78 is 7.40. The third-order valence-corrected chi connectivity index (χ3v) is 5.31. The first kappa shape index (κ1) is 20.4. The number of nitrogens with zero attached hydrogens (tertiary/aromatic N) is 4. The lowest BCUT2D eigenvalue weighted by atomic mass is 9.85. The number of likely N-dealkylation sites (tertiary alicyclic amines) is 1. The number of nitrogens with one attached hydrogen (secondary N) is 1. The van der Waals surface area contributed by atoms with Crippen molar-refractivity contribution in [2.45, 2.75) is 71.1 Å². The minimum absolute atomic E-state index is 0.138. The summed E-state index contributed by atoms with van der Waals surface area (Å²) in [4.78, 5) is 27.7. The molecule has 0 bridgehead atoms. The molecule has 154 valence electrons. The summed E-state index contributed by atoms with van der Waals surface area (Å²) in [7, 11) is 1.58. The number of rotatable bonds is 6. The van der Waals surface area contributed by atoms with Gasteiger partial charge in [0.2, 0.25) is 11.8 Å². The van der Waals surface area contributed by atoms with Gasteiger partial charge < -0.3 is 15.0 Å². The number of hydrogen-bond donors (Lipinski definition) is 1. The zero-order valence-corrected chi connectivity index (χ0v) is 17.4. The second-order valence-corrected chi connectivity index (χ2v) is 8.96. The van der Waals surface area contributed by atoms with Crippen LogP contribution in [0.2, 0.25) is 0 Å². The van der Waals surface area contributed by atoms with E-state index in [1.54, 1.807) is 23.6 Å². The maximum absolute atomic E-state index is 13.6. The quantitative estimate of drug-likeness (QED) is 0.752. The minimum Gasteiger partial charge on any atom is -0.494 e. The average molecular weight is 390 g/mol. The molecule has 1 saturated heterocycles. The zero-order valence-electron chi connectivity index (χ0n) is 17.4. The van der Waals surface area contributed by atoms with Crippen molar-refractivity contribution in [1.29, 1.82) is 0 Å². The molecule has 1 aliphatic carbocycles. The molecule has 2 aliphatic rings. The van der Waals surface area contributed by atoms with E-state index in [9.17, 15) is 9.59 Å². The molecule has 1 N–H and O–H groups in total. The van der Waals surface area contributed by atoms with E-state index in [-0.39, 0.29) is 17.9 Å². The Morgan fingerprint density at radius 3 is 2.57 bits per heavy atom. The van der Waals surface area contributed by atoms with E-state index in [0.717, 1.165) is 18.5 Å². The summed E-state index contributed by atoms with van der Waals surface area (Å²) in [6.45, 7) is 11.9. The largest absolute Gasteiger partial charge is 0.494 e. The molecule has 1 aliphatic heterocycles. The van der Waals surface area contributed by atoms with Gasteiger partial charge in [0.15, 0.2) is 0 Å². The Bertz CT molecular complexity index is 762. The molecule has 8 nitrogen and oxygen atoms in total. The predicted molar refractivity (Wildman–Crippen MR) is 104 cm³/mol. The van der Waals surface area contributed by atoms with Crippen LogP contribution >= 0.6 is 0 Å². The van der Waals surface area contributed by atoms with Crippen LogP contribution in [0.3, 0.4) is 0 Å². The van der Waals surface area contributed by atoms with Crippen LogP contribution in [-0.4, -0.2) is 57.4 Å². The van der Waals surface area contributed by atoms with E-state index < -0.39 is 17.5 Å². The van der Waals surface area contributed by atoms with Crippen molar-refractivity contribution in [3.05, 3.63) is 24.2 Å². The van der Waals surface area contributed by atoms with E-state index in [1.807, 2.05) is 27.0 Å². The Morgan fingerprint density at radius 2 is 2.04 bits per heavy atom. The molecule has 1 aromatic heterocycles. The van der Waals surface area contributed by atoms with Gasteiger partial charge in [0.25, 0.3) is 0 Å². The lowest BCUT2D eigenvalue weighted by Crippen LogP contribution is -2.49. The van der Waals surface area contributed by atoms with E-state index in [4.69, 9.17) is 4.74 Å². The third kappa shape index (κ3) is 4.20. The fourth-order valence-corrected chi connectivity index (χ4v) is 3.85. The number of carbonyl (C=O) groups is 2. The van der Waals surface area contributed by atoms with E-state index in [0.29, 0.717) is 24.6 Å². The SMILES string of the molecule is C=C(C)O[C@@H]1C[C@@H](C(=O)NC)N(C(=O)[C@@H](n2cc(C3CC3)nn2)C(C)(C)C)C1. The molecule has 2 amide bonds. The standard InChI is InChI=1S/C20H31N5O3/c1-12(2)28-14-9-16(18(26)21-6)24(10-14)19(27)17(20(3,4)5)25-11-15(22-23-25)13-7-8-13/h11,13-14,16-17H,1,7-10H2,2-6H3,(H,21,26)/t14-,16+,17-/m1/s1. The summed E-state index contributed by atoms with van der Waals surface area (Å²) in [5.74, 6) is 0.711. The van der Waals surface area contributed by atoms with Crippen molar-refractivity contribution in [2.24, 2.45) is 5.41 Å². The summed E-state index contributed by atoms with van der Waals surface area (Å²) in [5, 5.41) is 11.2. The lowest BCUT2D eigenvalue weighted by molar-refractivity contribution is -0.144. The number of hydrogen-bond acceptors (Lipinski definition) is 5. The van der Waals surface area contributed by atoms with Gasteiger partial charge in [-0.05, 0) is 25.2 Å². The Kier molecular flexibility index (Phi) is 5.50. The summed E-state index contributed by atoms with van der Waals surface area (Å²) >= 11 is 0. The van der Waals surface area contributed by atoms with Crippen molar-refractivity contribution in [3.63, 3.8) is 0 Å². The topological polar surface area (TPSA) is 89.4 Å². The van der Waals surface area contributed by atoms with Crippen LogP contribution in [0.25, 0.3) is 0 Å². The second-order valence-electron chi connectivity index (χ2n) is 8.96. The molecule has 0 unspecified atom stereocenters. The van der Waals surface area contributed by atoms with E-state index >= 15 is 0 Å². The second kappa shape index (κ2) is 7.56. The fraction of sp³-hybridized carbons (Fsp3) is 0.700. The van der Waals surface area contributed by atoms with Gasteiger partial charge in [-0.1, -0.05) is 32.6 Å². The smallest absolute Gasteiger partial charge is 0.248 e. The first-order valence-corrected chi connectivity index (χ1v) is 9.87. The number of likely N-dealkylation sites (N-methyl/N-ethyl adjacent to an activating group) is 1. The molecule has 1 aromatic rings. The number of amides is 2. The molecule has 2 fully saturated rings. The van der Waals surface area contributed by atoms with Crippen LogP contribution in [-0.2, 0) is 14.3 Å². The van der Waals surface area contributed by atoms with Crippen molar-refractivity contribution in [1.82, 2.24) is 25.2 Å². The summed E-state index contributed by atoms with van der Waals surface area (Å²) in [5.41, 5.74) is 0.543. The summed E-state index contributed by atoms with van der Waals surface area (Å²) in [6, 6.07) is -1.12. The highest BCUT2D eigenvalue weighted by Crippen LogP contribution is 2.40. The van der Waals surface area contributed by atoms with E-state index in [2.05, 4.69) is 22.2 Å². The highest BCUT2D eigenvalue weighted by atomic mass is 16.5. The van der Waals surface area contributed by atoms with Gasteiger partial charge in [-0.25, -0.2) is 4.68 Å². The van der Waals surface area contributed by atoms with Crippen LogP contribution in [0.4, 0.5) is 0 Å². The van der Waals surface area contributed by atoms with Crippen molar-refractivity contribution in [3.8, 4) is 0 Å². The Labute approximate surface area is 166 Å². The van der Waals surface area contributed by atoms with Gasteiger partial charge in [-0.3, -0.25) is 9.59 Å². The lowest BCUT2D eigenvalue weighted by Gasteiger charge is -2.34. The Hall–Kier alpha value is -2.38. The van der Waals surface area contributed by atoms with Gasteiger partial charge in [0.05, 0.1) is 18.0 Å². The maximum atomic E-state index is 13.6. The van der Waals surface area contributed by atoms with Crippen LogP contribution in [0.5, 0.6) is 0 Å². The minimum atomic E-state index is -0.571. The number of aromatic nitrogens is 3. The van der Waals surface area contributed by atoms with Gasteiger partial charge in [-0.15, -0.1) is 5.10 Å². The van der Waals surface area contributed by atoms with Gasteiger partial charge in [0, 0.05) is 25.6 Å². The summed E-state index contributed by atoms with van der Waals surface area (Å²) in [6.07, 6.45) is 4.33. The molecule has 3 atom stereocenters. The molecule has 28 heavy (non-hydrogen) atoms. The van der Waals surface area contributed by atoms with Crippen molar-refractivity contribution in [2.75, 3.05) is 13.6 Å². The number of ether oxygens (including phenoxy) is 1. The van der Waals surface area contributed by atoms with Gasteiger partial charge in [-0.2, -0.15) is 0 Å². The van der Waals surface area contributed by atoms with Gasteiger partial charge in [0.1, 0.15) is 18.2 Å². The first-order chi connectivity index (χ1) is 13.1. The highest BCUT2D eigenvalue weighted by Gasteiger charge is 2.46. The van der Waals surface area contributed by atoms with Crippen LogP contribution in [0.15, 0.2) is 18.5 Å². The average Bonchev–Trinajstić information content (AvgIpc) is 3.19. The predicted octanol–water partition coefficient (Wildman–Crippen LogP) is 2.01. The monoisotopic (exact) mass is 389 g/mol. The molecule has 0 spiro atoms. The molecule has 8 heteroatoms. The van der Waals surface area contributed by atoms with Crippen LogP contribution in [0.1, 0.15) is 64.6 Å². The number of carbonyl (C=O) groups excluding carboxylic acids is 2. The van der Waals surface area contributed by atoms with Crippen molar-refractivity contribution < 1.29 is 14.3 Å². The molecular weight excluding hydrogens is 358 g/mol. The van der Waals surface area contributed by atoms with Crippen LogP contribution in [0, 0.1) is 5.41 Å². The molecule has 3 rings (SSSR count). The normalized spacial score (nSPS) is 23.4. The maximum Gasteiger partial charge on any atom is 0.248 e.